The van der Waals surface area contributed by atoms with Crippen LogP contribution in [0.2, 0.25) is 0 Å². The Morgan fingerprint density at radius 2 is 1.43 bits per heavy atom. The van der Waals surface area contributed by atoms with Crippen LogP contribution in [0.4, 0.5) is 0 Å². The average molecular weight is 410 g/mol. The van der Waals surface area contributed by atoms with Crippen LogP contribution in [-0.4, -0.2) is 20.6 Å². The largest absolute Gasteiger partial charge is 0.267 e. The summed E-state index contributed by atoms with van der Waals surface area (Å²) in [4.78, 5) is 3.98. The zero-order valence-corrected chi connectivity index (χ0v) is 18.0. The monoisotopic (exact) mass is 409 g/mol. The summed E-state index contributed by atoms with van der Waals surface area (Å²) >= 11 is 0. The van der Waals surface area contributed by atoms with Gasteiger partial charge >= 0.3 is 0 Å². The van der Waals surface area contributed by atoms with Crippen molar-refractivity contribution in [3.05, 3.63) is 83.8 Å². The quantitative estimate of drug-likeness (QED) is 0.438. The first-order chi connectivity index (χ1) is 13.7. The van der Waals surface area contributed by atoms with Crippen molar-refractivity contribution in [1.82, 2.24) is 0 Å². The summed E-state index contributed by atoms with van der Waals surface area (Å²) in [6.45, 7) is 0. The molecule has 0 bridgehead atoms. The number of hydrogen-bond donors (Lipinski definition) is 0. The predicted octanol–water partition coefficient (Wildman–Crippen LogP) is 5.98. The molecule has 28 heavy (non-hydrogen) atoms. The van der Waals surface area contributed by atoms with Gasteiger partial charge in [-0.2, -0.15) is 0 Å². The summed E-state index contributed by atoms with van der Waals surface area (Å²) in [7, 11) is -2.21. The van der Waals surface area contributed by atoms with E-state index in [2.05, 4.69) is 84.8 Å². The van der Waals surface area contributed by atoms with Crippen LogP contribution in [0, 0.1) is 0 Å². The molecule has 2 unspecified atom stereocenters. The van der Waals surface area contributed by atoms with E-state index in [1.807, 2.05) is 0 Å². The highest BCUT2D eigenvalue weighted by Crippen LogP contribution is 2.35. The first-order valence-corrected chi connectivity index (χ1v) is 13.3. The zero-order valence-electron chi connectivity index (χ0n) is 16.3. The van der Waals surface area contributed by atoms with E-state index >= 15 is 0 Å². The van der Waals surface area contributed by atoms with Crippen LogP contribution in [0.1, 0.15) is 38.5 Å². The van der Waals surface area contributed by atoms with Crippen LogP contribution in [0.25, 0.3) is 0 Å². The van der Waals surface area contributed by atoms with Gasteiger partial charge in [0.1, 0.15) is 0 Å². The van der Waals surface area contributed by atoms with Crippen LogP contribution in [0.15, 0.2) is 93.6 Å². The van der Waals surface area contributed by atoms with Crippen LogP contribution >= 0.6 is 0 Å². The van der Waals surface area contributed by atoms with Crippen LogP contribution < -0.4 is 0 Å². The van der Waals surface area contributed by atoms with Crippen molar-refractivity contribution in [2.75, 3.05) is 0 Å². The van der Waals surface area contributed by atoms with Crippen LogP contribution in [-0.2, 0) is 20.4 Å². The maximum absolute atomic E-state index is 13.5. The maximum Gasteiger partial charge on any atom is 0.166 e. The Hall–Kier alpha value is -1.71. The van der Waals surface area contributed by atoms with E-state index in [1.54, 1.807) is 0 Å². The Labute approximate surface area is 172 Å². The van der Waals surface area contributed by atoms with Gasteiger partial charge < -0.3 is 0 Å². The van der Waals surface area contributed by atoms with E-state index in [0.717, 1.165) is 19.3 Å². The van der Waals surface area contributed by atoms with Gasteiger partial charge in [0.25, 0.3) is 0 Å². The van der Waals surface area contributed by atoms with E-state index < -0.39 is 9.52 Å². The molecular weight excluding hydrogens is 380 g/mol. The van der Waals surface area contributed by atoms with Gasteiger partial charge in [-0.3, -0.25) is 4.21 Å². The summed E-state index contributed by atoms with van der Waals surface area (Å²) in [5.41, 5.74) is 0. The van der Waals surface area contributed by atoms with Crippen molar-refractivity contribution >= 4 is 26.3 Å². The molecule has 146 valence electrons. The fraction of sp³-hybridized carbons (Fsp3) is 0.320. The Morgan fingerprint density at radius 3 is 1.93 bits per heavy atom. The van der Waals surface area contributed by atoms with Gasteiger partial charge in [0.05, 0.1) is 10.9 Å². The van der Waals surface area contributed by atoms with Crippen molar-refractivity contribution in [3.8, 4) is 0 Å². The lowest BCUT2D eigenvalue weighted by Gasteiger charge is -2.30. The van der Waals surface area contributed by atoms with E-state index in [9.17, 15) is 4.21 Å². The molecular formula is C25H29OS2+. The minimum Gasteiger partial charge on any atom is -0.267 e. The second kappa shape index (κ2) is 8.75. The van der Waals surface area contributed by atoms with Crippen molar-refractivity contribution in [2.24, 2.45) is 0 Å². The van der Waals surface area contributed by atoms with Crippen LogP contribution in [0.5, 0.6) is 0 Å². The second-order valence-corrected chi connectivity index (χ2v) is 12.6. The minimum atomic E-state index is -2.09. The predicted molar refractivity (Wildman–Crippen MR) is 125 cm³/mol. The molecule has 2 aliphatic carbocycles. The van der Waals surface area contributed by atoms with Crippen molar-refractivity contribution < 1.29 is 4.21 Å². The molecule has 3 heteroatoms. The smallest absolute Gasteiger partial charge is 0.166 e. The molecule has 2 aromatic carbocycles. The number of benzene rings is 2. The molecule has 2 atom stereocenters. The van der Waals surface area contributed by atoms with E-state index in [0.29, 0.717) is 5.25 Å². The number of rotatable bonds is 5. The maximum atomic E-state index is 13.5. The average Bonchev–Trinajstić information content (AvgIpc) is 2.76. The van der Waals surface area contributed by atoms with Gasteiger partial charge in [-0.1, -0.05) is 61.7 Å². The van der Waals surface area contributed by atoms with Gasteiger partial charge in [0, 0.05) is 10.5 Å². The second-order valence-electron chi connectivity index (χ2n) is 7.71. The lowest BCUT2D eigenvalue weighted by atomic mass is 10.0. The third-order valence-corrected chi connectivity index (χ3v) is 11.1. The van der Waals surface area contributed by atoms with Crippen molar-refractivity contribution in [1.29, 1.82) is 0 Å². The SMILES string of the molecule is C=S(=O)(C1C=CC([S+](c2ccccc2)c2ccccc2)=CC1)C1CCCCC1. The van der Waals surface area contributed by atoms with Gasteiger partial charge in [-0.05, 0) is 71.1 Å². The minimum absolute atomic E-state index is 0.0800. The molecule has 0 aromatic heterocycles. The first-order valence-electron chi connectivity index (χ1n) is 10.2. The highest BCUT2D eigenvalue weighted by Gasteiger charge is 2.34. The normalized spacial score (nSPS) is 22.6. The highest BCUT2D eigenvalue weighted by molar-refractivity contribution is 8.01. The van der Waals surface area contributed by atoms with Crippen LogP contribution in [0.3, 0.4) is 0 Å². The van der Waals surface area contributed by atoms with Gasteiger partial charge in [0.2, 0.25) is 0 Å². The Morgan fingerprint density at radius 1 is 0.857 bits per heavy atom. The molecule has 1 saturated carbocycles. The molecule has 0 N–H and O–H groups in total. The molecule has 0 radical (unpaired) electrons. The van der Waals surface area contributed by atoms with E-state index in [-0.39, 0.29) is 16.1 Å². The summed E-state index contributed by atoms with van der Waals surface area (Å²) in [5, 5.41) is 0.378. The Balaban J connectivity index is 1.59. The molecule has 0 amide bonds. The lowest BCUT2D eigenvalue weighted by molar-refractivity contribution is 0.502. The molecule has 4 rings (SSSR count). The zero-order chi connectivity index (χ0) is 19.4. The standard InChI is InChI=1S/C25H29OS2/c1-28(26,24-15-9-4-10-16-24)25-19-17-23(18-20-25)27(21-11-5-2-6-12-21)22-13-7-3-8-14-22/h2-3,5-8,11-14,17-19,24-25H,1,4,9-10,15-16,20H2/q+1. The molecule has 0 heterocycles. The molecule has 0 spiro atoms. The number of hydrogen-bond acceptors (Lipinski definition) is 1. The molecule has 1 nitrogen and oxygen atoms in total. The number of allylic oxidation sites excluding steroid dienone is 2. The highest BCUT2D eigenvalue weighted by atomic mass is 32.2. The Bertz CT molecular complexity index is 897. The van der Waals surface area contributed by atoms with Crippen molar-refractivity contribution in [2.45, 2.75) is 58.8 Å². The first kappa shape index (κ1) is 19.6. The van der Waals surface area contributed by atoms with Gasteiger partial charge in [-0.25, -0.2) is 0 Å². The van der Waals surface area contributed by atoms with Gasteiger partial charge in [-0.15, -0.1) is 0 Å². The lowest BCUT2D eigenvalue weighted by Crippen LogP contribution is -2.33. The third kappa shape index (κ3) is 4.16. The van der Waals surface area contributed by atoms with Gasteiger partial charge in [0.15, 0.2) is 14.7 Å². The summed E-state index contributed by atoms with van der Waals surface area (Å²) < 4.78 is 13.5. The topological polar surface area (TPSA) is 17.1 Å². The molecule has 0 saturated heterocycles. The third-order valence-electron chi connectivity index (χ3n) is 5.85. The molecule has 0 aliphatic heterocycles. The molecule has 2 aliphatic rings. The fourth-order valence-electron chi connectivity index (χ4n) is 4.26. The van der Waals surface area contributed by atoms with Crippen molar-refractivity contribution in [3.63, 3.8) is 0 Å². The summed E-state index contributed by atoms with van der Waals surface area (Å²) in [6, 6.07) is 21.4. The Kier molecular flexibility index (Phi) is 6.13. The summed E-state index contributed by atoms with van der Waals surface area (Å²) in [6.07, 6.45) is 13.5. The molecule has 2 aromatic rings. The van der Waals surface area contributed by atoms with E-state index in [1.165, 1.54) is 34.0 Å². The summed E-state index contributed by atoms with van der Waals surface area (Å²) in [5.74, 6) is 4.25. The fourth-order valence-corrected chi connectivity index (χ4v) is 8.81. The molecule has 1 fully saturated rings. The van der Waals surface area contributed by atoms with E-state index in [4.69, 9.17) is 0 Å².